The second kappa shape index (κ2) is 4.96. The Morgan fingerprint density at radius 1 is 0.882 bits per heavy atom. The molecule has 0 bridgehead atoms. The fraction of sp³-hybridized carbons (Fsp3) is 0.0769. The predicted octanol–water partition coefficient (Wildman–Crippen LogP) is 3.62. The van der Waals surface area contributed by atoms with Gasteiger partial charge in [0.05, 0.1) is 16.1 Å². The van der Waals surface area contributed by atoms with E-state index in [0.29, 0.717) is 15.7 Å². The molecular formula is C13H12Cl2N2. The summed E-state index contributed by atoms with van der Waals surface area (Å²) in [7, 11) is 0. The highest BCUT2D eigenvalue weighted by Crippen LogP contribution is 2.28. The van der Waals surface area contributed by atoms with Crippen molar-refractivity contribution in [3.05, 3.63) is 63.6 Å². The lowest BCUT2D eigenvalue weighted by Gasteiger charge is -2.13. The van der Waals surface area contributed by atoms with Crippen molar-refractivity contribution in [2.75, 3.05) is 5.73 Å². The highest BCUT2D eigenvalue weighted by molar-refractivity contribution is 6.42. The van der Waals surface area contributed by atoms with Crippen LogP contribution in [0.5, 0.6) is 0 Å². The van der Waals surface area contributed by atoms with Gasteiger partial charge in [-0.3, -0.25) is 0 Å². The quantitative estimate of drug-likeness (QED) is 0.816. The van der Waals surface area contributed by atoms with Gasteiger partial charge in [-0.05, 0) is 35.4 Å². The molecule has 0 radical (unpaired) electrons. The fourth-order valence-corrected chi connectivity index (χ4v) is 1.96. The molecule has 0 amide bonds. The Hall–Kier alpha value is -1.22. The van der Waals surface area contributed by atoms with Gasteiger partial charge in [0.15, 0.2) is 0 Å². The second-order valence-corrected chi connectivity index (χ2v) is 4.64. The summed E-state index contributed by atoms with van der Waals surface area (Å²) >= 11 is 11.8. The minimum atomic E-state index is -0.256. The molecule has 0 aliphatic rings. The average Bonchev–Trinajstić information content (AvgIpc) is 2.32. The van der Waals surface area contributed by atoms with Crippen LogP contribution in [-0.4, -0.2) is 0 Å². The third-order valence-electron chi connectivity index (χ3n) is 2.57. The normalized spacial score (nSPS) is 12.4. The van der Waals surface area contributed by atoms with Gasteiger partial charge in [0.25, 0.3) is 0 Å². The first-order valence-corrected chi connectivity index (χ1v) is 5.89. The summed E-state index contributed by atoms with van der Waals surface area (Å²) in [4.78, 5) is 0. The van der Waals surface area contributed by atoms with Crippen molar-refractivity contribution in [1.29, 1.82) is 0 Å². The van der Waals surface area contributed by atoms with Crippen molar-refractivity contribution >= 4 is 28.9 Å². The zero-order valence-electron chi connectivity index (χ0n) is 9.03. The van der Waals surface area contributed by atoms with Gasteiger partial charge >= 0.3 is 0 Å². The lowest BCUT2D eigenvalue weighted by atomic mass is 9.99. The number of hydrogen-bond donors (Lipinski definition) is 2. The van der Waals surface area contributed by atoms with Crippen LogP contribution in [0, 0.1) is 0 Å². The van der Waals surface area contributed by atoms with E-state index in [-0.39, 0.29) is 6.04 Å². The summed E-state index contributed by atoms with van der Waals surface area (Å²) in [5.74, 6) is 0. The number of anilines is 1. The van der Waals surface area contributed by atoms with Gasteiger partial charge in [0.1, 0.15) is 0 Å². The molecule has 17 heavy (non-hydrogen) atoms. The Morgan fingerprint density at radius 3 is 2.24 bits per heavy atom. The highest BCUT2D eigenvalue weighted by Gasteiger charge is 2.10. The third kappa shape index (κ3) is 2.72. The number of hydrogen-bond acceptors (Lipinski definition) is 2. The van der Waals surface area contributed by atoms with E-state index < -0.39 is 0 Å². The summed E-state index contributed by atoms with van der Waals surface area (Å²) in [5, 5.41) is 1.03. The molecule has 0 fully saturated rings. The molecule has 0 saturated carbocycles. The lowest BCUT2D eigenvalue weighted by molar-refractivity contribution is 0.872. The lowest BCUT2D eigenvalue weighted by Crippen LogP contribution is -2.12. The van der Waals surface area contributed by atoms with Crippen LogP contribution in [0.4, 0.5) is 5.69 Å². The molecule has 0 aliphatic carbocycles. The van der Waals surface area contributed by atoms with Crippen LogP contribution < -0.4 is 11.5 Å². The third-order valence-corrected chi connectivity index (χ3v) is 3.31. The van der Waals surface area contributed by atoms with Crippen LogP contribution in [0.3, 0.4) is 0 Å². The van der Waals surface area contributed by atoms with Gasteiger partial charge in [0, 0.05) is 5.69 Å². The molecule has 2 nitrogen and oxygen atoms in total. The second-order valence-electron chi connectivity index (χ2n) is 3.82. The topological polar surface area (TPSA) is 52.0 Å². The molecule has 4 N–H and O–H groups in total. The molecule has 0 saturated heterocycles. The van der Waals surface area contributed by atoms with E-state index in [2.05, 4.69) is 0 Å². The molecule has 2 aromatic carbocycles. The molecule has 0 aromatic heterocycles. The molecule has 0 heterocycles. The van der Waals surface area contributed by atoms with Crippen molar-refractivity contribution in [2.45, 2.75) is 6.04 Å². The maximum atomic E-state index is 6.15. The predicted molar refractivity (Wildman–Crippen MR) is 73.3 cm³/mol. The number of halogens is 2. The van der Waals surface area contributed by atoms with E-state index in [0.717, 1.165) is 11.1 Å². The van der Waals surface area contributed by atoms with E-state index in [1.807, 2.05) is 30.3 Å². The Kier molecular flexibility index (Phi) is 3.57. The molecule has 1 atom stereocenters. The number of rotatable bonds is 2. The number of benzene rings is 2. The molecule has 4 heteroatoms. The van der Waals surface area contributed by atoms with E-state index in [9.17, 15) is 0 Å². The van der Waals surface area contributed by atoms with Gasteiger partial charge in [-0.2, -0.15) is 0 Å². The van der Waals surface area contributed by atoms with Crippen LogP contribution in [-0.2, 0) is 0 Å². The molecule has 2 aromatic rings. The maximum Gasteiger partial charge on any atom is 0.0595 e. The van der Waals surface area contributed by atoms with Gasteiger partial charge in [0.2, 0.25) is 0 Å². The van der Waals surface area contributed by atoms with E-state index in [4.69, 9.17) is 34.7 Å². The van der Waals surface area contributed by atoms with Crippen molar-refractivity contribution in [3.8, 4) is 0 Å². The summed E-state index contributed by atoms with van der Waals surface area (Å²) in [6.45, 7) is 0. The zero-order chi connectivity index (χ0) is 12.4. The van der Waals surface area contributed by atoms with Gasteiger partial charge in [-0.15, -0.1) is 0 Å². The van der Waals surface area contributed by atoms with Crippen LogP contribution in [0.25, 0.3) is 0 Å². The Labute approximate surface area is 110 Å². The average molecular weight is 267 g/mol. The SMILES string of the molecule is Nc1cccc(C(N)c2ccc(Cl)c(Cl)c2)c1. The van der Waals surface area contributed by atoms with Crippen molar-refractivity contribution in [3.63, 3.8) is 0 Å². The van der Waals surface area contributed by atoms with Gasteiger partial charge in [-0.1, -0.05) is 41.4 Å². The van der Waals surface area contributed by atoms with E-state index in [1.165, 1.54) is 0 Å². The van der Waals surface area contributed by atoms with Crippen molar-refractivity contribution < 1.29 is 0 Å². The Morgan fingerprint density at radius 2 is 1.59 bits per heavy atom. The number of nitrogens with two attached hydrogens (primary N) is 2. The van der Waals surface area contributed by atoms with E-state index in [1.54, 1.807) is 12.1 Å². The van der Waals surface area contributed by atoms with Crippen molar-refractivity contribution in [1.82, 2.24) is 0 Å². The molecule has 1 unspecified atom stereocenters. The smallest absolute Gasteiger partial charge is 0.0595 e. The summed E-state index contributed by atoms with van der Waals surface area (Å²) in [6, 6.07) is 12.6. The van der Waals surface area contributed by atoms with Crippen LogP contribution in [0.15, 0.2) is 42.5 Å². The fourth-order valence-electron chi connectivity index (χ4n) is 1.65. The monoisotopic (exact) mass is 266 g/mol. The minimum Gasteiger partial charge on any atom is -0.399 e. The van der Waals surface area contributed by atoms with Crippen LogP contribution in [0.1, 0.15) is 17.2 Å². The largest absolute Gasteiger partial charge is 0.399 e. The standard InChI is InChI=1S/C13H12Cl2N2/c14-11-5-4-9(7-12(11)15)13(17)8-2-1-3-10(16)6-8/h1-7,13H,16-17H2. The maximum absolute atomic E-state index is 6.15. The Balaban J connectivity index is 2.36. The molecule has 2 rings (SSSR count). The first kappa shape index (κ1) is 12.2. The van der Waals surface area contributed by atoms with Crippen LogP contribution in [0.2, 0.25) is 10.0 Å². The molecule has 88 valence electrons. The Bertz CT molecular complexity index is 541. The zero-order valence-corrected chi connectivity index (χ0v) is 10.5. The van der Waals surface area contributed by atoms with Gasteiger partial charge < -0.3 is 11.5 Å². The summed E-state index contributed by atoms with van der Waals surface area (Å²) in [5.41, 5.74) is 14.4. The van der Waals surface area contributed by atoms with Gasteiger partial charge in [-0.25, -0.2) is 0 Å². The first-order valence-electron chi connectivity index (χ1n) is 5.14. The molecule has 0 spiro atoms. The summed E-state index contributed by atoms with van der Waals surface area (Å²) < 4.78 is 0. The highest BCUT2D eigenvalue weighted by atomic mass is 35.5. The van der Waals surface area contributed by atoms with E-state index >= 15 is 0 Å². The van der Waals surface area contributed by atoms with Crippen molar-refractivity contribution in [2.24, 2.45) is 5.73 Å². The van der Waals surface area contributed by atoms with Crippen LogP contribution >= 0.6 is 23.2 Å². The molecular weight excluding hydrogens is 255 g/mol. The number of nitrogen functional groups attached to an aromatic ring is 1. The first-order chi connectivity index (χ1) is 8.08. The summed E-state index contributed by atoms with van der Waals surface area (Å²) in [6.07, 6.45) is 0. The molecule has 0 aliphatic heterocycles. The minimum absolute atomic E-state index is 0.256.